The Labute approximate surface area is 202 Å². The maximum absolute atomic E-state index is 13.7. The number of carbonyl (C=O) groups excluding carboxylic acids is 2. The number of ether oxygens (including phenoxy) is 1. The van der Waals surface area contributed by atoms with Crippen molar-refractivity contribution in [1.29, 1.82) is 0 Å². The van der Waals surface area contributed by atoms with E-state index in [9.17, 15) is 9.59 Å². The molecule has 0 unspecified atom stereocenters. The van der Waals surface area contributed by atoms with Crippen LogP contribution in [0.3, 0.4) is 0 Å². The third-order valence-electron chi connectivity index (χ3n) is 5.92. The molecule has 0 saturated carbocycles. The number of methoxy groups -OCH3 is 1. The highest BCUT2D eigenvalue weighted by molar-refractivity contribution is 6.30. The molecule has 170 valence electrons. The van der Waals surface area contributed by atoms with Crippen LogP contribution in [-0.4, -0.2) is 28.6 Å². The smallest absolute Gasteiger partial charge is 0.337 e. The zero-order valence-electron chi connectivity index (χ0n) is 18.4. The lowest BCUT2D eigenvalue weighted by Crippen LogP contribution is -2.38. The third-order valence-corrected chi connectivity index (χ3v) is 6.16. The maximum atomic E-state index is 13.7. The molecule has 1 N–H and O–H groups in total. The van der Waals surface area contributed by atoms with Crippen LogP contribution in [0.1, 0.15) is 33.2 Å². The molecule has 0 aliphatic carbocycles. The summed E-state index contributed by atoms with van der Waals surface area (Å²) in [6.45, 7) is 0.386. The second-order valence-electron chi connectivity index (χ2n) is 8.02. The Morgan fingerprint density at radius 2 is 1.79 bits per heavy atom. The minimum atomic E-state index is -0.463. The third kappa shape index (κ3) is 4.04. The van der Waals surface area contributed by atoms with Gasteiger partial charge in [-0.3, -0.25) is 0 Å². The number of esters is 1. The van der Waals surface area contributed by atoms with Crippen molar-refractivity contribution in [3.05, 3.63) is 119 Å². The molecule has 0 fully saturated rings. The number of para-hydroxylation sites is 1. The zero-order valence-corrected chi connectivity index (χ0v) is 19.2. The van der Waals surface area contributed by atoms with E-state index in [-0.39, 0.29) is 12.1 Å². The summed E-state index contributed by atoms with van der Waals surface area (Å²) in [6, 6.07) is 25.6. The normalized spacial score (nSPS) is 14.5. The van der Waals surface area contributed by atoms with Crippen molar-refractivity contribution >= 4 is 29.3 Å². The van der Waals surface area contributed by atoms with Crippen LogP contribution in [0.25, 0.3) is 5.69 Å². The number of hydrogen-bond donors (Lipinski definition) is 1. The Morgan fingerprint density at radius 1 is 0.971 bits per heavy atom. The van der Waals surface area contributed by atoms with Gasteiger partial charge < -0.3 is 19.5 Å². The first-order valence-corrected chi connectivity index (χ1v) is 11.2. The van der Waals surface area contributed by atoms with E-state index in [0.717, 1.165) is 22.5 Å². The number of halogens is 1. The Balaban J connectivity index is 1.59. The van der Waals surface area contributed by atoms with Crippen molar-refractivity contribution < 1.29 is 14.3 Å². The second kappa shape index (κ2) is 9.08. The van der Waals surface area contributed by atoms with Crippen molar-refractivity contribution in [3.8, 4) is 5.69 Å². The van der Waals surface area contributed by atoms with E-state index in [0.29, 0.717) is 22.8 Å². The van der Waals surface area contributed by atoms with Gasteiger partial charge in [0.05, 0.1) is 30.9 Å². The van der Waals surface area contributed by atoms with Crippen LogP contribution in [-0.2, 0) is 11.3 Å². The molecular formula is C27H22ClN3O3. The van der Waals surface area contributed by atoms with Crippen LogP contribution >= 0.6 is 11.6 Å². The summed E-state index contributed by atoms with van der Waals surface area (Å²) in [6.07, 6.45) is 2.01. The van der Waals surface area contributed by atoms with Gasteiger partial charge in [-0.25, -0.2) is 9.59 Å². The fourth-order valence-corrected chi connectivity index (χ4v) is 4.60. The number of nitrogens with one attached hydrogen (secondary N) is 1. The van der Waals surface area contributed by atoms with Gasteiger partial charge in [0.25, 0.3) is 0 Å². The SMILES string of the molecule is COC(=O)c1cccc(NC(=O)N2Cc3ccccc3-n3cccc3[C@@H]2c2cccc(Cl)c2)c1. The highest BCUT2D eigenvalue weighted by Gasteiger charge is 2.33. The number of anilines is 1. The van der Waals surface area contributed by atoms with Crippen molar-refractivity contribution in [2.45, 2.75) is 12.6 Å². The number of aromatic nitrogens is 1. The van der Waals surface area contributed by atoms with E-state index in [2.05, 4.69) is 16.0 Å². The number of benzene rings is 3. The lowest BCUT2D eigenvalue weighted by Gasteiger charge is -2.31. The number of carbonyl (C=O) groups is 2. The summed E-state index contributed by atoms with van der Waals surface area (Å²) in [5, 5.41) is 3.56. The minimum absolute atomic E-state index is 0.295. The van der Waals surface area contributed by atoms with Crippen LogP contribution in [0.5, 0.6) is 0 Å². The molecule has 3 aromatic carbocycles. The summed E-state index contributed by atoms with van der Waals surface area (Å²) in [4.78, 5) is 27.5. The fraction of sp³-hybridized carbons (Fsp3) is 0.111. The largest absolute Gasteiger partial charge is 0.465 e. The van der Waals surface area contributed by atoms with Gasteiger partial charge in [0.1, 0.15) is 0 Å². The Hall–Kier alpha value is -4.03. The Kier molecular flexibility index (Phi) is 5.82. The molecule has 1 aliphatic rings. The van der Waals surface area contributed by atoms with Crippen molar-refractivity contribution in [2.24, 2.45) is 0 Å². The molecule has 1 atom stereocenters. The first kappa shape index (κ1) is 21.8. The van der Waals surface area contributed by atoms with E-state index in [1.54, 1.807) is 29.2 Å². The van der Waals surface area contributed by atoms with E-state index in [4.69, 9.17) is 16.3 Å². The average molecular weight is 472 g/mol. The molecule has 2 amide bonds. The standard InChI is InChI=1S/C27H22ClN3O3/c1-34-26(32)19-9-5-11-22(16-19)29-27(33)31-17-20-7-2-3-12-23(20)30-14-6-13-24(30)25(31)18-8-4-10-21(28)15-18/h2-16,25H,17H2,1H3,(H,29,33)/t25-/m0/s1. The number of hydrogen-bond acceptors (Lipinski definition) is 3. The van der Waals surface area contributed by atoms with E-state index in [1.165, 1.54) is 7.11 Å². The first-order chi connectivity index (χ1) is 16.5. The molecule has 34 heavy (non-hydrogen) atoms. The van der Waals surface area contributed by atoms with E-state index < -0.39 is 5.97 Å². The molecule has 2 heterocycles. The molecule has 4 aromatic rings. The summed E-state index contributed by atoms with van der Waals surface area (Å²) >= 11 is 6.34. The van der Waals surface area contributed by atoms with Gasteiger partial charge in [-0.15, -0.1) is 0 Å². The molecule has 0 radical (unpaired) electrons. The van der Waals surface area contributed by atoms with Gasteiger partial charge in [-0.05, 0) is 59.7 Å². The van der Waals surface area contributed by atoms with Crippen molar-refractivity contribution in [3.63, 3.8) is 0 Å². The van der Waals surface area contributed by atoms with Crippen LogP contribution in [0.4, 0.5) is 10.5 Å². The molecule has 0 saturated heterocycles. The van der Waals surface area contributed by atoms with Crippen LogP contribution in [0.2, 0.25) is 5.02 Å². The summed E-state index contributed by atoms with van der Waals surface area (Å²) < 4.78 is 6.92. The number of amides is 2. The molecule has 1 aliphatic heterocycles. The number of rotatable bonds is 3. The van der Waals surface area contributed by atoms with Crippen LogP contribution in [0.15, 0.2) is 91.1 Å². The lowest BCUT2D eigenvalue weighted by molar-refractivity contribution is 0.0600. The predicted octanol–water partition coefficient (Wildman–Crippen LogP) is 6.05. The van der Waals surface area contributed by atoms with Crippen molar-refractivity contribution in [1.82, 2.24) is 9.47 Å². The predicted molar refractivity (Wildman–Crippen MR) is 131 cm³/mol. The molecular weight excluding hydrogens is 450 g/mol. The summed E-state index contributed by atoms with van der Waals surface area (Å²) in [5.74, 6) is -0.463. The van der Waals surface area contributed by atoms with Crippen LogP contribution in [0, 0.1) is 0 Å². The molecule has 0 bridgehead atoms. The lowest BCUT2D eigenvalue weighted by atomic mass is 10.0. The summed E-state index contributed by atoms with van der Waals surface area (Å²) in [5.41, 5.74) is 4.76. The second-order valence-corrected chi connectivity index (χ2v) is 8.46. The fourth-order valence-electron chi connectivity index (χ4n) is 4.40. The summed E-state index contributed by atoms with van der Waals surface area (Å²) in [7, 11) is 1.33. The maximum Gasteiger partial charge on any atom is 0.337 e. The highest BCUT2D eigenvalue weighted by atomic mass is 35.5. The molecule has 6 nitrogen and oxygen atoms in total. The highest BCUT2D eigenvalue weighted by Crippen LogP contribution is 2.37. The first-order valence-electron chi connectivity index (χ1n) is 10.8. The molecule has 5 rings (SSSR count). The van der Waals surface area contributed by atoms with E-state index in [1.807, 2.05) is 60.8 Å². The van der Waals surface area contributed by atoms with Gasteiger partial charge in [-0.1, -0.05) is 48.0 Å². The molecule has 0 spiro atoms. The number of fused-ring (bicyclic) bond motifs is 3. The molecule has 7 heteroatoms. The molecule has 1 aromatic heterocycles. The number of nitrogens with zero attached hydrogens (tertiary/aromatic N) is 2. The van der Waals surface area contributed by atoms with Gasteiger partial charge in [0.2, 0.25) is 0 Å². The Bertz CT molecular complexity index is 1380. The topological polar surface area (TPSA) is 63.6 Å². The van der Waals surface area contributed by atoms with Crippen LogP contribution < -0.4 is 5.32 Å². The van der Waals surface area contributed by atoms with Gasteiger partial charge >= 0.3 is 12.0 Å². The Morgan fingerprint density at radius 3 is 2.62 bits per heavy atom. The zero-order chi connectivity index (χ0) is 23.7. The quantitative estimate of drug-likeness (QED) is 0.370. The van der Waals surface area contributed by atoms with Crippen molar-refractivity contribution in [2.75, 3.05) is 12.4 Å². The monoisotopic (exact) mass is 471 g/mol. The van der Waals surface area contributed by atoms with E-state index >= 15 is 0 Å². The average Bonchev–Trinajstić information content (AvgIpc) is 3.27. The van der Waals surface area contributed by atoms with Gasteiger partial charge in [0.15, 0.2) is 0 Å². The van der Waals surface area contributed by atoms with Gasteiger partial charge in [-0.2, -0.15) is 0 Å². The minimum Gasteiger partial charge on any atom is -0.465 e. The number of urea groups is 1. The van der Waals surface area contributed by atoms with Gasteiger partial charge in [0, 0.05) is 22.6 Å².